The van der Waals surface area contributed by atoms with Gasteiger partial charge in [0.1, 0.15) is 12.0 Å². The summed E-state index contributed by atoms with van der Waals surface area (Å²) in [4.78, 5) is 11.0. The van der Waals surface area contributed by atoms with Gasteiger partial charge in [-0.15, -0.1) is 0 Å². The predicted molar refractivity (Wildman–Crippen MR) is 62.7 cm³/mol. The molecule has 3 nitrogen and oxygen atoms in total. The van der Waals surface area contributed by atoms with Gasteiger partial charge in [0.25, 0.3) is 0 Å². The van der Waals surface area contributed by atoms with Crippen molar-refractivity contribution < 1.29 is 9.90 Å². The zero-order valence-corrected chi connectivity index (χ0v) is 9.28. The summed E-state index contributed by atoms with van der Waals surface area (Å²) in [6, 6.07) is 4.92. The standard InChI is InChI=1S/C13H17NO2/c14-9-13(5-1-2-6-13)12-7-11(16)4-3-10(12)8-15/h3-4,7-8,16H,1-2,5-6,9,14H2. The van der Waals surface area contributed by atoms with Crippen LogP contribution < -0.4 is 5.73 Å². The summed E-state index contributed by atoms with van der Waals surface area (Å²) >= 11 is 0. The Bertz CT molecular complexity index is 395. The Kier molecular flexibility index (Phi) is 2.97. The molecule has 1 saturated carbocycles. The van der Waals surface area contributed by atoms with Crippen LogP contribution in [-0.2, 0) is 5.41 Å². The lowest BCUT2D eigenvalue weighted by molar-refractivity contribution is 0.112. The molecule has 1 aromatic carbocycles. The second-order valence-electron chi connectivity index (χ2n) is 4.58. The fraction of sp³-hybridized carbons (Fsp3) is 0.462. The predicted octanol–water partition coefficient (Wildman–Crippen LogP) is 1.98. The number of carbonyl (C=O) groups excluding carboxylic acids is 1. The van der Waals surface area contributed by atoms with E-state index >= 15 is 0 Å². The molecule has 1 fully saturated rings. The molecule has 0 spiro atoms. The van der Waals surface area contributed by atoms with E-state index in [4.69, 9.17) is 5.73 Å². The van der Waals surface area contributed by atoms with Crippen LogP contribution in [0.25, 0.3) is 0 Å². The zero-order valence-electron chi connectivity index (χ0n) is 9.28. The van der Waals surface area contributed by atoms with Crippen LogP contribution in [0.2, 0.25) is 0 Å². The number of phenolic OH excluding ortho intramolecular Hbond substituents is 1. The fourth-order valence-corrected chi connectivity index (χ4v) is 2.74. The first-order chi connectivity index (χ1) is 7.72. The lowest BCUT2D eigenvalue weighted by atomic mass is 9.77. The fourth-order valence-electron chi connectivity index (χ4n) is 2.74. The van der Waals surface area contributed by atoms with Crippen molar-refractivity contribution in [2.75, 3.05) is 6.54 Å². The molecule has 1 aromatic rings. The second kappa shape index (κ2) is 4.26. The Morgan fingerprint density at radius 3 is 2.62 bits per heavy atom. The Balaban J connectivity index is 2.51. The molecule has 1 aliphatic rings. The average molecular weight is 219 g/mol. The molecule has 0 aromatic heterocycles. The molecule has 0 bridgehead atoms. The molecule has 0 saturated heterocycles. The molecule has 0 radical (unpaired) electrons. The molecule has 0 heterocycles. The first-order valence-electron chi connectivity index (χ1n) is 5.70. The largest absolute Gasteiger partial charge is 0.508 e. The van der Waals surface area contributed by atoms with Gasteiger partial charge < -0.3 is 10.8 Å². The molecule has 86 valence electrons. The van der Waals surface area contributed by atoms with Gasteiger partial charge in [-0.3, -0.25) is 4.79 Å². The molecule has 3 heteroatoms. The van der Waals surface area contributed by atoms with E-state index in [1.54, 1.807) is 18.2 Å². The highest BCUT2D eigenvalue weighted by Gasteiger charge is 2.36. The van der Waals surface area contributed by atoms with Crippen LogP contribution in [0.1, 0.15) is 41.6 Å². The Hall–Kier alpha value is -1.35. The number of rotatable bonds is 3. The second-order valence-corrected chi connectivity index (χ2v) is 4.58. The maximum Gasteiger partial charge on any atom is 0.150 e. The minimum atomic E-state index is -0.102. The molecule has 2 rings (SSSR count). The number of benzene rings is 1. The van der Waals surface area contributed by atoms with Crippen LogP contribution in [-0.4, -0.2) is 17.9 Å². The maximum absolute atomic E-state index is 11.0. The molecule has 0 atom stereocenters. The van der Waals surface area contributed by atoms with Crippen LogP contribution in [0.15, 0.2) is 18.2 Å². The van der Waals surface area contributed by atoms with Crippen molar-refractivity contribution in [2.45, 2.75) is 31.1 Å². The molecule has 0 aliphatic heterocycles. The summed E-state index contributed by atoms with van der Waals surface area (Å²) in [7, 11) is 0. The van der Waals surface area contributed by atoms with E-state index in [2.05, 4.69) is 0 Å². The summed E-state index contributed by atoms with van der Waals surface area (Å²) in [6.45, 7) is 0.539. The summed E-state index contributed by atoms with van der Waals surface area (Å²) in [6.07, 6.45) is 5.16. The summed E-state index contributed by atoms with van der Waals surface area (Å²) < 4.78 is 0. The van der Waals surface area contributed by atoms with Crippen LogP contribution in [0, 0.1) is 0 Å². The van der Waals surface area contributed by atoms with Crippen molar-refractivity contribution in [3.8, 4) is 5.75 Å². The number of hydrogen-bond acceptors (Lipinski definition) is 3. The summed E-state index contributed by atoms with van der Waals surface area (Å²) in [5.74, 6) is 0.209. The Labute approximate surface area is 95.3 Å². The SMILES string of the molecule is NCC1(c2cc(O)ccc2C=O)CCCC1. The molecular formula is C13H17NO2. The highest BCUT2D eigenvalue weighted by atomic mass is 16.3. The van der Waals surface area contributed by atoms with E-state index < -0.39 is 0 Å². The van der Waals surface area contributed by atoms with Gasteiger partial charge in [0.2, 0.25) is 0 Å². The normalized spacial score (nSPS) is 18.6. The summed E-state index contributed by atoms with van der Waals surface area (Å²) in [5, 5.41) is 9.55. The third-order valence-electron chi connectivity index (χ3n) is 3.69. The summed E-state index contributed by atoms with van der Waals surface area (Å²) in [5.41, 5.74) is 7.35. The van der Waals surface area contributed by atoms with Gasteiger partial charge in [-0.05, 0) is 36.6 Å². The molecule has 3 N–H and O–H groups in total. The molecular weight excluding hydrogens is 202 g/mol. The van der Waals surface area contributed by atoms with Crippen molar-refractivity contribution >= 4 is 6.29 Å². The van der Waals surface area contributed by atoms with Crippen molar-refractivity contribution in [3.05, 3.63) is 29.3 Å². The lowest BCUT2D eigenvalue weighted by Gasteiger charge is -2.29. The number of aromatic hydroxyl groups is 1. The van der Waals surface area contributed by atoms with Crippen molar-refractivity contribution in [1.29, 1.82) is 0 Å². The van der Waals surface area contributed by atoms with Crippen molar-refractivity contribution in [1.82, 2.24) is 0 Å². The third kappa shape index (κ3) is 1.71. The molecule has 16 heavy (non-hydrogen) atoms. The Morgan fingerprint density at radius 1 is 1.38 bits per heavy atom. The number of phenols is 1. The average Bonchev–Trinajstić information content (AvgIpc) is 2.78. The minimum absolute atomic E-state index is 0.102. The van der Waals surface area contributed by atoms with Crippen LogP contribution >= 0.6 is 0 Å². The van der Waals surface area contributed by atoms with E-state index in [-0.39, 0.29) is 11.2 Å². The van der Waals surface area contributed by atoms with Crippen molar-refractivity contribution in [2.24, 2.45) is 5.73 Å². The number of nitrogens with two attached hydrogens (primary N) is 1. The molecule has 0 amide bonds. The highest BCUT2D eigenvalue weighted by molar-refractivity contribution is 5.78. The van der Waals surface area contributed by atoms with E-state index in [1.807, 2.05) is 0 Å². The first kappa shape index (κ1) is 11.1. The lowest BCUT2D eigenvalue weighted by Crippen LogP contribution is -2.33. The minimum Gasteiger partial charge on any atom is -0.508 e. The number of carbonyl (C=O) groups is 1. The third-order valence-corrected chi connectivity index (χ3v) is 3.69. The number of hydrogen-bond donors (Lipinski definition) is 2. The monoisotopic (exact) mass is 219 g/mol. The van der Waals surface area contributed by atoms with E-state index in [1.165, 1.54) is 0 Å². The van der Waals surface area contributed by atoms with Gasteiger partial charge in [0.05, 0.1) is 0 Å². The van der Waals surface area contributed by atoms with Gasteiger partial charge in [0, 0.05) is 17.5 Å². The quantitative estimate of drug-likeness (QED) is 0.764. The van der Waals surface area contributed by atoms with E-state index in [0.717, 1.165) is 37.5 Å². The molecule has 1 aliphatic carbocycles. The van der Waals surface area contributed by atoms with Gasteiger partial charge in [-0.1, -0.05) is 12.8 Å². The van der Waals surface area contributed by atoms with E-state index in [0.29, 0.717) is 12.1 Å². The van der Waals surface area contributed by atoms with E-state index in [9.17, 15) is 9.90 Å². The smallest absolute Gasteiger partial charge is 0.150 e. The van der Waals surface area contributed by atoms with Crippen LogP contribution in [0.3, 0.4) is 0 Å². The van der Waals surface area contributed by atoms with Gasteiger partial charge in [-0.25, -0.2) is 0 Å². The maximum atomic E-state index is 11.0. The van der Waals surface area contributed by atoms with Gasteiger partial charge in [-0.2, -0.15) is 0 Å². The highest BCUT2D eigenvalue weighted by Crippen LogP contribution is 2.42. The van der Waals surface area contributed by atoms with Crippen LogP contribution in [0.4, 0.5) is 0 Å². The molecule has 0 unspecified atom stereocenters. The van der Waals surface area contributed by atoms with Crippen LogP contribution in [0.5, 0.6) is 5.75 Å². The first-order valence-corrected chi connectivity index (χ1v) is 5.70. The van der Waals surface area contributed by atoms with Crippen molar-refractivity contribution in [3.63, 3.8) is 0 Å². The van der Waals surface area contributed by atoms with Gasteiger partial charge in [0.15, 0.2) is 0 Å². The Morgan fingerprint density at radius 2 is 2.06 bits per heavy atom. The van der Waals surface area contributed by atoms with Gasteiger partial charge >= 0.3 is 0 Å². The zero-order chi connectivity index (χ0) is 11.6. The topological polar surface area (TPSA) is 63.3 Å². The number of aldehydes is 1.